The van der Waals surface area contributed by atoms with Crippen LogP contribution >= 0.6 is 0 Å². The fourth-order valence-electron chi connectivity index (χ4n) is 1.69. The molecule has 0 unspecified atom stereocenters. The van der Waals surface area contributed by atoms with Crippen LogP contribution in [0.3, 0.4) is 0 Å². The largest absolute Gasteiger partial charge is 0.453 e. The molecular weight excluding hydrogens is 264 g/mol. The normalized spacial score (nSPS) is 11.6. The van der Waals surface area contributed by atoms with E-state index in [-0.39, 0.29) is 22.6 Å². The van der Waals surface area contributed by atoms with E-state index >= 15 is 0 Å². The van der Waals surface area contributed by atoms with Crippen molar-refractivity contribution >= 4 is 6.29 Å². The molecule has 6 heteroatoms. The van der Waals surface area contributed by atoms with Gasteiger partial charge in [-0.05, 0) is 36.8 Å². The molecule has 0 radical (unpaired) electrons. The number of benzene rings is 1. The third kappa shape index (κ3) is 2.52. The topological polar surface area (TPSA) is 30.2 Å². The van der Waals surface area contributed by atoms with Gasteiger partial charge in [-0.3, -0.25) is 4.79 Å². The van der Waals surface area contributed by atoms with Crippen molar-refractivity contribution in [3.05, 3.63) is 47.0 Å². The van der Waals surface area contributed by atoms with Crippen molar-refractivity contribution in [2.24, 2.45) is 0 Å². The van der Waals surface area contributed by atoms with Crippen LogP contribution in [0, 0.1) is 12.7 Å². The number of aldehydes is 1. The molecule has 2 nitrogen and oxygen atoms in total. The molecule has 100 valence electrons. The highest BCUT2D eigenvalue weighted by Crippen LogP contribution is 2.36. The summed E-state index contributed by atoms with van der Waals surface area (Å²) in [4.78, 5) is 10.5. The fraction of sp³-hybridized carbons (Fsp3) is 0.154. The lowest BCUT2D eigenvalue weighted by atomic mass is 10.0. The van der Waals surface area contributed by atoms with Crippen LogP contribution < -0.4 is 0 Å². The maximum Gasteiger partial charge on any atom is 0.419 e. The van der Waals surface area contributed by atoms with Crippen molar-refractivity contribution < 1.29 is 26.8 Å². The molecule has 1 heterocycles. The lowest BCUT2D eigenvalue weighted by molar-refractivity contribution is -0.140. The summed E-state index contributed by atoms with van der Waals surface area (Å²) in [6, 6.07) is 4.58. The summed E-state index contributed by atoms with van der Waals surface area (Å²) in [6.07, 6.45) is -4.35. The number of hydrogen-bond donors (Lipinski definition) is 0. The summed E-state index contributed by atoms with van der Waals surface area (Å²) in [5.41, 5.74) is -1.43. The molecule has 0 bridgehead atoms. The van der Waals surface area contributed by atoms with E-state index in [1.54, 1.807) is 0 Å². The Morgan fingerprint density at radius 3 is 2.42 bits per heavy atom. The minimum atomic E-state index is -4.79. The quantitative estimate of drug-likeness (QED) is 0.605. The highest BCUT2D eigenvalue weighted by Gasteiger charge is 2.35. The summed E-state index contributed by atoms with van der Waals surface area (Å²) in [6.45, 7) is 1.23. The summed E-state index contributed by atoms with van der Waals surface area (Å²) >= 11 is 0. The minimum Gasteiger partial charge on any atom is -0.453 e. The molecule has 19 heavy (non-hydrogen) atoms. The van der Waals surface area contributed by atoms with Crippen LogP contribution in [0.15, 0.2) is 28.7 Å². The Kier molecular flexibility index (Phi) is 3.18. The molecule has 1 aromatic heterocycles. The second-order valence-corrected chi connectivity index (χ2v) is 3.97. The molecule has 0 aliphatic heterocycles. The van der Waals surface area contributed by atoms with E-state index in [9.17, 15) is 22.4 Å². The van der Waals surface area contributed by atoms with E-state index in [1.807, 2.05) is 0 Å². The van der Waals surface area contributed by atoms with Gasteiger partial charge in [-0.2, -0.15) is 13.2 Å². The molecule has 0 spiro atoms. The average Bonchev–Trinajstić information content (AvgIpc) is 2.79. The summed E-state index contributed by atoms with van der Waals surface area (Å²) < 4.78 is 56.5. The van der Waals surface area contributed by atoms with Gasteiger partial charge in [0.25, 0.3) is 0 Å². The molecule has 0 saturated heterocycles. The Balaban J connectivity index is 2.59. The number of hydrogen-bond acceptors (Lipinski definition) is 2. The van der Waals surface area contributed by atoms with Crippen molar-refractivity contribution in [1.29, 1.82) is 0 Å². The maximum atomic E-state index is 13.5. The smallest absolute Gasteiger partial charge is 0.419 e. The van der Waals surface area contributed by atoms with Gasteiger partial charge >= 0.3 is 6.18 Å². The van der Waals surface area contributed by atoms with Crippen LogP contribution in [0.5, 0.6) is 0 Å². The van der Waals surface area contributed by atoms with E-state index in [0.29, 0.717) is 12.4 Å². The first-order chi connectivity index (χ1) is 8.82. The number of halogens is 4. The summed E-state index contributed by atoms with van der Waals surface area (Å²) in [5.74, 6) is -1.24. The van der Waals surface area contributed by atoms with Crippen molar-refractivity contribution in [3.8, 4) is 11.3 Å². The number of aryl methyl sites for hydroxylation is 1. The van der Waals surface area contributed by atoms with E-state index in [0.717, 1.165) is 0 Å². The molecule has 0 aliphatic carbocycles. The second kappa shape index (κ2) is 4.53. The first-order valence-corrected chi connectivity index (χ1v) is 5.25. The first kappa shape index (κ1) is 13.3. The van der Waals surface area contributed by atoms with Gasteiger partial charge in [0.2, 0.25) is 0 Å². The molecule has 2 aromatic rings. The molecule has 0 aliphatic rings. The first-order valence-electron chi connectivity index (χ1n) is 5.25. The van der Waals surface area contributed by atoms with Crippen LogP contribution in [0.2, 0.25) is 0 Å². The number of furan rings is 1. The van der Waals surface area contributed by atoms with Crippen LogP contribution in [0.4, 0.5) is 17.6 Å². The van der Waals surface area contributed by atoms with Crippen LogP contribution in [-0.2, 0) is 6.18 Å². The van der Waals surface area contributed by atoms with E-state index < -0.39 is 17.6 Å². The Morgan fingerprint density at radius 2 is 1.89 bits per heavy atom. The third-order valence-corrected chi connectivity index (χ3v) is 2.59. The van der Waals surface area contributed by atoms with Gasteiger partial charge in [-0.15, -0.1) is 0 Å². The zero-order valence-corrected chi connectivity index (χ0v) is 9.72. The molecule has 1 aromatic carbocycles. The van der Waals surface area contributed by atoms with Gasteiger partial charge in [0.15, 0.2) is 12.0 Å². The number of carbonyl (C=O) groups excluding carboxylic acids is 1. The highest BCUT2D eigenvalue weighted by molar-refractivity contribution is 5.73. The summed E-state index contributed by atoms with van der Waals surface area (Å²) in [7, 11) is 0. The lowest BCUT2D eigenvalue weighted by Crippen LogP contribution is -2.09. The molecular formula is C13H8F4O2. The van der Waals surface area contributed by atoms with Crippen LogP contribution in [-0.4, -0.2) is 6.29 Å². The molecule has 0 saturated carbocycles. The summed E-state index contributed by atoms with van der Waals surface area (Å²) in [5, 5.41) is 0. The highest BCUT2D eigenvalue weighted by atomic mass is 19.4. The third-order valence-electron chi connectivity index (χ3n) is 2.59. The number of rotatable bonds is 2. The van der Waals surface area contributed by atoms with Gasteiger partial charge in [-0.1, -0.05) is 0 Å². The monoisotopic (exact) mass is 272 g/mol. The predicted octanol–water partition coefficient (Wildman–Crippen LogP) is 4.23. The molecule has 0 atom stereocenters. The van der Waals surface area contributed by atoms with Crippen molar-refractivity contribution in [2.75, 3.05) is 0 Å². The maximum absolute atomic E-state index is 13.5. The molecule has 0 amide bonds. The number of carbonyl (C=O) groups is 1. The van der Waals surface area contributed by atoms with Crippen molar-refractivity contribution in [3.63, 3.8) is 0 Å². The zero-order chi connectivity index (χ0) is 14.2. The van der Waals surface area contributed by atoms with Gasteiger partial charge in [-0.25, -0.2) is 4.39 Å². The predicted molar refractivity (Wildman–Crippen MR) is 59.2 cm³/mol. The van der Waals surface area contributed by atoms with Gasteiger partial charge < -0.3 is 4.42 Å². The lowest BCUT2D eigenvalue weighted by Gasteiger charge is -2.11. The van der Waals surface area contributed by atoms with E-state index in [2.05, 4.69) is 0 Å². The van der Waals surface area contributed by atoms with E-state index in [1.165, 1.54) is 25.1 Å². The Morgan fingerprint density at radius 1 is 1.21 bits per heavy atom. The Bertz CT molecular complexity index is 626. The molecule has 0 N–H and O–H groups in total. The molecule has 0 fully saturated rings. The van der Waals surface area contributed by atoms with Gasteiger partial charge in [0.05, 0.1) is 5.56 Å². The second-order valence-electron chi connectivity index (χ2n) is 3.97. The zero-order valence-electron chi connectivity index (χ0n) is 9.72. The van der Waals surface area contributed by atoms with E-state index in [4.69, 9.17) is 4.42 Å². The van der Waals surface area contributed by atoms with Crippen molar-refractivity contribution in [2.45, 2.75) is 13.1 Å². The van der Waals surface area contributed by atoms with Crippen molar-refractivity contribution in [1.82, 2.24) is 0 Å². The molecule has 2 rings (SSSR count). The average molecular weight is 272 g/mol. The van der Waals surface area contributed by atoms with Crippen LogP contribution in [0.1, 0.15) is 21.7 Å². The fourth-order valence-corrected chi connectivity index (χ4v) is 1.69. The SMILES string of the molecule is Cc1cc(-c2ccc(C=O)o2)cc(C(F)(F)F)c1F. The Hall–Kier alpha value is -2.11. The van der Waals surface area contributed by atoms with Gasteiger partial charge in [0, 0.05) is 5.56 Å². The Labute approximate surface area is 105 Å². The number of alkyl halides is 3. The standard InChI is InChI=1S/C13H8F4O2/c1-7-4-8(11-3-2-9(6-18)19-11)5-10(12(7)14)13(15,16)17/h2-6H,1H3. The van der Waals surface area contributed by atoms with Gasteiger partial charge in [0.1, 0.15) is 11.6 Å². The van der Waals surface area contributed by atoms with Crippen LogP contribution in [0.25, 0.3) is 11.3 Å². The minimum absolute atomic E-state index is 0.00876.